The molecule has 2 aromatic rings. The maximum absolute atomic E-state index is 14.3. The zero-order valence-corrected chi connectivity index (χ0v) is 20.7. The highest BCUT2D eigenvalue weighted by atomic mass is 16.6. The van der Waals surface area contributed by atoms with Gasteiger partial charge in [0.25, 0.3) is 5.91 Å². The van der Waals surface area contributed by atoms with Crippen molar-refractivity contribution in [1.29, 1.82) is 0 Å². The Hall–Kier alpha value is -3.23. The van der Waals surface area contributed by atoms with Crippen molar-refractivity contribution in [2.45, 2.75) is 43.9 Å². The molecule has 3 aliphatic heterocycles. The highest BCUT2D eigenvalue weighted by Crippen LogP contribution is 2.63. The van der Waals surface area contributed by atoms with Crippen LogP contribution < -0.4 is 4.90 Å². The standard InChI is InChI=1S/C28H32N2O6/c1-4-14-29(20-11-10-18-8-6-7-9-19(18)17-20)25(33)23-28-13-12-27(3,36-28)22(26(34)35-5-2)21(28)24(32)30(23)15-16-31/h4,6-11,17,21-23,31H,1,5,12-16H2,2-3H3/t21-,22-,23?,27+,28?/m0/s1. The number of hydrogen-bond acceptors (Lipinski definition) is 6. The van der Waals surface area contributed by atoms with Gasteiger partial charge in [0.05, 0.1) is 24.7 Å². The van der Waals surface area contributed by atoms with Gasteiger partial charge in [0, 0.05) is 18.8 Å². The zero-order chi connectivity index (χ0) is 25.7. The molecule has 5 rings (SSSR count). The van der Waals surface area contributed by atoms with E-state index in [0.29, 0.717) is 18.5 Å². The number of carbonyl (C=O) groups excluding carboxylic acids is 3. The molecule has 36 heavy (non-hydrogen) atoms. The number of aliphatic hydroxyl groups is 1. The number of benzene rings is 2. The minimum absolute atomic E-state index is 0.0250. The van der Waals surface area contributed by atoms with Gasteiger partial charge in [0.1, 0.15) is 17.6 Å². The average molecular weight is 493 g/mol. The molecule has 0 saturated carbocycles. The van der Waals surface area contributed by atoms with Crippen molar-refractivity contribution in [2.24, 2.45) is 11.8 Å². The summed E-state index contributed by atoms with van der Waals surface area (Å²) >= 11 is 0. The lowest BCUT2D eigenvalue weighted by Crippen LogP contribution is -2.56. The van der Waals surface area contributed by atoms with Crippen LogP contribution in [-0.2, 0) is 23.9 Å². The molecular weight excluding hydrogens is 460 g/mol. The number of amides is 2. The van der Waals surface area contributed by atoms with Gasteiger partial charge in [0.15, 0.2) is 0 Å². The zero-order valence-electron chi connectivity index (χ0n) is 20.7. The van der Waals surface area contributed by atoms with Gasteiger partial charge in [0.2, 0.25) is 5.91 Å². The van der Waals surface area contributed by atoms with Crippen LogP contribution in [0.1, 0.15) is 26.7 Å². The summed E-state index contributed by atoms with van der Waals surface area (Å²) in [5.74, 6) is -2.78. The van der Waals surface area contributed by atoms with Crippen LogP contribution in [0, 0.1) is 11.8 Å². The van der Waals surface area contributed by atoms with Crippen LogP contribution in [0.2, 0.25) is 0 Å². The molecule has 5 atom stereocenters. The van der Waals surface area contributed by atoms with Crippen LogP contribution in [0.4, 0.5) is 5.69 Å². The fourth-order valence-corrected chi connectivity index (χ4v) is 6.59. The number of hydrogen-bond donors (Lipinski definition) is 1. The van der Waals surface area contributed by atoms with Crippen molar-refractivity contribution in [1.82, 2.24) is 4.90 Å². The molecule has 0 aliphatic carbocycles. The first-order valence-corrected chi connectivity index (χ1v) is 12.5. The van der Waals surface area contributed by atoms with Crippen LogP contribution in [0.25, 0.3) is 10.8 Å². The fraction of sp³-hybridized carbons (Fsp3) is 0.464. The van der Waals surface area contributed by atoms with Crippen LogP contribution in [0.3, 0.4) is 0 Å². The number of carbonyl (C=O) groups is 3. The summed E-state index contributed by atoms with van der Waals surface area (Å²) in [4.78, 5) is 44.1. The highest BCUT2D eigenvalue weighted by molar-refractivity contribution is 6.05. The summed E-state index contributed by atoms with van der Waals surface area (Å²) in [6.45, 7) is 7.48. The van der Waals surface area contributed by atoms with E-state index < -0.39 is 35.0 Å². The van der Waals surface area contributed by atoms with Gasteiger partial charge in [-0.15, -0.1) is 6.58 Å². The molecule has 3 heterocycles. The molecule has 190 valence electrons. The van der Waals surface area contributed by atoms with Gasteiger partial charge in [-0.3, -0.25) is 14.4 Å². The molecule has 3 fully saturated rings. The summed E-state index contributed by atoms with van der Waals surface area (Å²) in [5, 5.41) is 11.8. The predicted molar refractivity (Wildman–Crippen MR) is 134 cm³/mol. The number of β-amino-alcohol motifs (C(OH)–C–C–N with tert-alkyl or cyclic N) is 1. The van der Waals surface area contributed by atoms with E-state index in [2.05, 4.69) is 6.58 Å². The third-order valence-corrected chi connectivity index (χ3v) is 8.01. The van der Waals surface area contributed by atoms with Crippen molar-refractivity contribution in [3.05, 3.63) is 55.1 Å². The first kappa shape index (κ1) is 24.5. The lowest BCUT2D eigenvalue weighted by atomic mass is 9.66. The van der Waals surface area contributed by atoms with E-state index in [-0.39, 0.29) is 38.1 Å². The monoisotopic (exact) mass is 492 g/mol. The fourth-order valence-electron chi connectivity index (χ4n) is 6.59. The molecular formula is C28H32N2O6. The third kappa shape index (κ3) is 3.46. The molecule has 2 unspecified atom stereocenters. The number of ether oxygens (including phenoxy) is 2. The predicted octanol–water partition coefficient (Wildman–Crippen LogP) is 2.68. The largest absolute Gasteiger partial charge is 0.466 e. The summed E-state index contributed by atoms with van der Waals surface area (Å²) in [7, 11) is 0. The average Bonchev–Trinajstić information content (AvgIpc) is 3.43. The van der Waals surface area contributed by atoms with Crippen molar-refractivity contribution < 1.29 is 29.0 Å². The molecule has 0 aromatic heterocycles. The highest BCUT2D eigenvalue weighted by Gasteiger charge is 2.78. The Bertz CT molecular complexity index is 1230. The summed E-state index contributed by atoms with van der Waals surface area (Å²) in [6, 6.07) is 12.7. The molecule has 2 bridgehead atoms. The van der Waals surface area contributed by atoms with E-state index in [0.717, 1.165) is 10.8 Å². The minimum atomic E-state index is -1.16. The van der Waals surface area contributed by atoms with Crippen molar-refractivity contribution in [2.75, 3.05) is 31.2 Å². The van der Waals surface area contributed by atoms with Crippen molar-refractivity contribution in [3.8, 4) is 0 Å². The molecule has 3 aliphatic rings. The molecule has 3 saturated heterocycles. The third-order valence-electron chi connectivity index (χ3n) is 8.01. The van der Waals surface area contributed by atoms with Crippen molar-refractivity contribution >= 4 is 34.2 Å². The molecule has 2 aromatic carbocycles. The number of aliphatic hydroxyl groups excluding tert-OH is 1. The van der Waals surface area contributed by atoms with Gasteiger partial charge < -0.3 is 24.4 Å². The normalized spacial score (nSPS) is 30.5. The Morgan fingerprint density at radius 2 is 2.00 bits per heavy atom. The van der Waals surface area contributed by atoms with Gasteiger partial charge in [-0.25, -0.2) is 0 Å². The van der Waals surface area contributed by atoms with E-state index in [9.17, 15) is 19.5 Å². The second-order valence-electron chi connectivity index (χ2n) is 10.0. The number of nitrogens with zero attached hydrogens (tertiary/aromatic N) is 2. The number of anilines is 1. The first-order chi connectivity index (χ1) is 17.3. The Morgan fingerprint density at radius 1 is 1.25 bits per heavy atom. The SMILES string of the molecule is C=CCN(C(=O)C1N(CCO)C(=O)[C@@H]2[C@@H](C(=O)OCC)[C@@]3(C)CCC12O3)c1ccc2ccccc2c1. The molecule has 8 nitrogen and oxygen atoms in total. The van der Waals surface area contributed by atoms with Crippen LogP contribution >= 0.6 is 0 Å². The van der Waals surface area contributed by atoms with Gasteiger partial charge in [-0.2, -0.15) is 0 Å². The number of rotatable bonds is 8. The summed E-state index contributed by atoms with van der Waals surface area (Å²) in [6.07, 6.45) is 2.65. The maximum atomic E-state index is 14.3. The van der Waals surface area contributed by atoms with Gasteiger partial charge in [-0.05, 0) is 49.6 Å². The van der Waals surface area contributed by atoms with E-state index in [1.165, 1.54) is 4.90 Å². The van der Waals surface area contributed by atoms with Gasteiger partial charge in [-0.1, -0.05) is 36.4 Å². The molecule has 0 radical (unpaired) electrons. The Labute approximate surface area is 210 Å². The molecule has 2 amide bonds. The Kier molecular flexibility index (Phi) is 6.12. The lowest BCUT2D eigenvalue weighted by Gasteiger charge is -2.36. The van der Waals surface area contributed by atoms with E-state index in [1.807, 2.05) is 49.4 Å². The lowest BCUT2D eigenvalue weighted by molar-refractivity contribution is -0.159. The Balaban J connectivity index is 1.58. The van der Waals surface area contributed by atoms with Crippen LogP contribution in [-0.4, -0.2) is 71.3 Å². The topological polar surface area (TPSA) is 96.4 Å². The summed E-state index contributed by atoms with van der Waals surface area (Å²) in [5.41, 5.74) is -1.37. The number of likely N-dealkylation sites (tertiary alicyclic amines) is 1. The molecule has 1 N–H and O–H groups in total. The van der Waals surface area contributed by atoms with Crippen LogP contribution in [0.15, 0.2) is 55.1 Å². The smallest absolute Gasteiger partial charge is 0.312 e. The number of esters is 1. The summed E-state index contributed by atoms with van der Waals surface area (Å²) < 4.78 is 11.9. The Morgan fingerprint density at radius 3 is 2.69 bits per heavy atom. The quantitative estimate of drug-likeness (QED) is 0.450. The molecule has 1 spiro atoms. The van der Waals surface area contributed by atoms with Crippen molar-refractivity contribution in [3.63, 3.8) is 0 Å². The second-order valence-corrected chi connectivity index (χ2v) is 10.0. The van der Waals surface area contributed by atoms with E-state index >= 15 is 0 Å². The maximum Gasteiger partial charge on any atom is 0.312 e. The van der Waals surface area contributed by atoms with Gasteiger partial charge >= 0.3 is 5.97 Å². The van der Waals surface area contributed by atoms with E-state index in [4.69, 9.17) is 9.47 Å². The minimum Gasteiger partial charge on any atom is -0.466 e. The van der Waals surface area contributed by atoms with E-state index in [1.54, 1.807) is 17.9 Å². The van der Waals surface area contributed by atoms with Crippen LogP contribution in [0.5, 0.6) is 0 Å². The molecule has 8 heteroatoms. The number of fused-ring (bicyclic) bond motifs is 2. The first-order valence-electron chi connectivity index (χ1n) is 12.5. The second kappa shape index (κ2) is 9.01.